The zero-order valence-electron chi connectivity index (χ0n) is 8.28. The largest absolute Gasteiger partial charge is 0.411 e. The average Bonchev–Trinajstić information content (AvgIpc) is 2.43. The number of rotatable bonds is 4. The Morgan fingerprint density at radius 3 is 2.62 bits per heavy atom. The molecule has 0 spiro atoms. The third-order valence-corrected chi connectivity index (χ3v) is 3.72. The highest BCUT2D eigenvalue weighted by molar-refractivity contribution is 9.11. The van der Waals surface area contributed by atoms with Gasteiger partial charge in [0.2, 0.25) is 0 Å². The van der Waals surface area contributed by atoms with Crippen LogP contribution in [0.4, 0.5) is 13.2 Å². The summed E-state index contributed by atoms with van der Waals surface area (Å²) in [5.74, 6) is 0. The quantitative estimate of drug-likeness (QED) is 0.725. The second-order valence-corrected chi connectivity index (χ2v) is 6.32. The number of hydrogen-bond donors (Lipinski definition) is 0. The predicted molar refractivity (Wildman–Crippen MR) is 62.2 cm³/mol. The molecule has 0 aliphatic rings. The Morgan fingerprint density at radius 2 is 2.19 bits per heavy atom. The minimum Gasteiger partial charge on any atom is -0.370 e. The van der Waals surface area contributed by atoms with Crippen molar-refractivity contribution in [2.75, 3.05) is 13.2 Å². The van der Waals surface area contributed by atoms with E-state index in [1.807, 2.05) is 6.92 Å². The fourth-order valence-electron chi connectivity index (χ4n) is 1.14. The molecule has 0 aliphatic carbocycles. The first-order valence-corrected chi connectivity index (χ1v) is 6.38. The summed E-state index contributed by atoms with van der Waals surface area (Å²) in [6, 6.07) is 1.80. The highest BCUT2D eigenvalue weighted by Gasteiger charge is 2.28. The molecule has 0 radical (unpaired) electrons. The normalized spacial score (nSPS) is 14.1. The van der Waals surface area contributed by atoms with Crippen LogP contribution in [0.2, 0.25) is 0 Å². The minimum atomic E-state index is -4.30. The molecule has 0 N–H and O–H groups in total. The second-order valence-electron chi connectivity index (χ2n) is 3.16. The molecule has 0 fully saturated rings. The van der Waals surface area contributed by atoms with E-state index in [1.54, 1.807) is 6.07 Å². The van der Waals surface area contributed by atoms with E-state index in [2.05, 4.69) is 20.7 Å². The number of thiophene rings is 1. The van der Waals surface area contributed by atoms with Crippen molar-refractivity contribution in [3.05, 3.63) is 20.3 Å². The van der Waals surface area contributed by atoms with Crippen molar-refractivity contribution in [2.24, 2.45) is 0 Å². The molecule has 0 saturated heterocycles. The smallest absolute Gasteiger partial charge is 0.370 e. The van der Waals surface area contributed by atoms with Gasteiger partial charge >= 0.3 is 6.18 Å². The molecule has 0 aliphatic heterocycles. The molecular weight excluding hydrogens is 329 g/mol. The van der Waals surface area contributed by atoms with E-state index in [0.29, 0.717) is 0 Å². The number of aryl methyl sites for hydroxylation is 1. The van der Waals surface area contributed by atoms with Crippen LogP contribution in [0.15, 0.2) is 9.85 Å². The molecule has 1 atom stereocenters. The van der Waals surface area contributed by atoms with E-state index in [9.17, 15) is 13.2 Å². The highest BCUT2D eigenvalue weighted by Crippen LogP contribution is 2.33. The third-order valence-electron chi connectivity index (χ3n) is 1.79. The van der Waals surface area contributed by atoms with Gasteiger partial charge in [-0.25, -0.2) is 0 Å². The maximum atomic E-state index is 11.8. The number of halogens is 5. The van der Waals surface area contributed by atoms with Crippen LogP contribution in [0.5, 0.6) is 0 Å². The molecule has 0 saturated carbocycles. The van der Waals surface area contributed by atoms with E-state index in [1.165, 1.54) is 11.3 Å². The van der Waals surface area contributed by atoms with Crippen molar-refractivity contribution in [1.82, 2.24) is 0 Å². The molecule has 1 heterocycles. The van der Waals surface area contributed by atoms with E-state index in [0.717, 1.165) is 14.2 Å². The molecule has 16 heavy (non-hydrogen) atoms. The van der Waals surface area contributed by atoms with Crippen molar-refractivity contribution in [3.8, 4) is 0 Å². The maximum Gasteiger partial charge on any atom is 0.411 e. The minimum absolute atomic E-state index is 0.148. The van der Waals surface area contributed by atoms with Crippen LogP contribution in [-0.4, -0.2) is 19.4 Å². The van der Waals surface area contributed by atoms with E-state index >= 15 is 0 Å². The van der Waals surface area contributed by atoms with Gasteiger partial charge < -0.3 is 4.74 Å². The van der Waals surface area contributed by atoms with Gasteiger partial charge in [-0.3, -0.25) is 0 Å². The van der Waals surface area contributed by atoms with Crippen molar-refractivity contribution in [3.63, 3.8) is 0 Å². The number of alkyl halides is 4. The van der Waals surface area contributed by atoms with Gasteiger partial charge in [0.1, 0.15) is 6.61 Å². The van der Waals surface area contributed by atoms with Crippen LogP contribution in [0.1, 0.15) is 15.8 Å². The molecule has 92 valence electrons. The summed E-state index contributed by atoms with van der Waals surface area (Å²) in [6.07, 6.45) is -4.30. The monoisotopic (exact) mass is 336 g/mol. The summed E-state index contributed by atoms with van der Waals surface area (Å²) in [5, 5.41) is -0.551. The first kappa shape index (κ1) is 14.3. The van der Waals surface area contributed by atoms with Gasteiger partial charge in [0.25, 0.3) is 0 Å². The standard InChI is InChI=1S/C9H9BrClF3OS/c1-5-6(2-8(10)16-5)7(11)3-15-4-9(12,13)14/h2,7H,3-4H2,1H3. The third kappa shape index (κ3) is 4.61. The molecule has 1 aromatic heterocycles. The zero-order valence-corrected chi connectivity index (χ0v) is 11.4. The SMILES string of the molecule is Cc1sc(Br)cc1C(Cl)COCC(F)(F)F. The Balaban J connectivity index is 2.47. The van der Waals surface area contributed by atoms with Crippen LogP contribution in [0.3, 0.4) is 0 Å². The molecule has 0 aromatic carbocycles. The summed E-state index contributed by atoms with van der Waals surface area (Å²) in [4.78, 5) is 0.975. The van der Waals surface area contributed by atoms with Gasteiger partial charge in [-0.15, -0.1) is 22.9 Å². The van der Waals surface area contributed by atoms with Gasteiger partial charge in [0.05, 0.1) is 15.8 Å². The summed E-state index contributed by atoms with van der Waals surface area (Å²) in [7, 11) is 0. The number of hydrogen-bond acceptors (Lipinski definition) is 2. The lowest BCUT2D eigenvalue weighted by Crippen LogP contribution is -2.18. The zero-order chi connectivity index (χ0) is 12.3. The first-order valence-electron chi connectivity index (χ1n) is 4.34. The van der Waals surface area contributed by atoms with Crippen molar-refractivity contribution < 1.29 is 17.9 Å². The Morgan fingerprint density at radius 1 is 1.56 bits per heavy atom. The lowest BCUT2D eigenvalue weighted by molar-refractivity contribution is -0.173. The highest BCUT2D eigenvalue weighted by atomic mass is 79.9. The molecule has 0 amide bonds. The predicted octanol–water partition coefficient (Wildman–Crippen LogP) is 4.68. The van der Waals surface area contributed by atoms with Gasteiger partial charge in [0.15, 0.2) is 0 Å². The van der Waals surface area contributed by atoms with Gasteiger partial charge in [-0.1, -0.05) is 0 Å². The molecule has 1 unspecified atom stereocenters. The fraction of sp³-hybridized carbons (Fsp3) is 0.556. The maximum absolute atomic E-state index is 11.8. The molecule has 7 heteroatoms. The van der Waals surface area contributed by atoms with Crippen molar-refractivity contribution in [2.45, 2.75) is 18.5 Å². The molecule has 1 nitrogen and oxygen atoms in total. The molecule has 1 aromatic rings. The second kappa shape index (κ2) is 5.71. The summed E-state index contributed by atoms with van der Waals surface area (Å²) in [5.41, 5.74) is 0.806. The van der Waals surface area contributed by atoms with E-state index < -0.39 is 18.2 Å². The topological polar surface area (TPSA) is 9.23 Å². The number of ether oxygens (including phenoxy) is 1. The Hall–Kier alpha value is 0.220. The van der Waals surface area contributed by atoms with Crippen molar-refractivity contribution >= 4 is 38.9 Å². The van der Waals surface area contributed by atoms with Crippen LogP contribution < -0.4 is 0 Å². The van der Waals surface area contributed by atoms with Crippen molar-refractivity contribution in [1.29, 1.82) is 0 Å². The van der Waals surface area contributed by atoms with Crippen LogP contribution >= 0.6 is 38.9 Å². The lowest BCUT2D eigenvalue weighted by Gasteiger charge is -2.11. The molecule has 0 bridgehead atoms. The Bertz CT molecular complexity index is 353. The van der Waals surface area contributed by atoms with Gasteiger partial charge in [-0.2, -0.15) is 13.2 Å². The van der Waals surface area contributed by atoms with Crippen LogP contribution in [-0.2, 0) is 4.74 Å². The Kier molecular flexibility index (Phi) is 5.10. The summed E-state index contributed by atoms with van der Waals surface area (Å²) in [6.45, 7) is 0.454. The van der Waals surface area contributed by atoms with E-state index in [4.69, 9.17) is 11.6 Å². The van der Waals surface area contributed by atoms with Gasteiger partial charge in [-0.05, 0) is 34.5 Å². The molecule has 1 rings (SSSR count). The summed E-state index contributed by atoms with van der Waals surface area (Å²) >= 11 is 10.7. The lowest BCUT2D eigenvalue weighted by atomic mass is 10.2. The average molecular weight is 338 g/mol. The van der Waals surface area contributed by atoms with Crippen LogP contribution in [0.25, 0.3) is 0 Å². The first-order chi connectivity index (χ1) is 7.29. The molecular formula is C9H9BrClF3OS. The Labute approximate surface area is 109 Å². The van der Waals surface area contributed by atoms with Crippen LogP contribution in [0, 0.1) is 6.92 Å². The van der Waals surface area contributed by atoms with E-state index in [-0.39, 0.29) is 6.61 Å². The fourth-order valence-corrected chi connectivity index (χ4v) is 3.29. The van der Waals surface area contributed by atoms with Gasteiger partial charge in [0, 0.05) is 4.88 Å². The summed E-state index contributed by atoms with van der Waals surface area (Å²) < 4.78 is 40.9.